The molecule has 3 heteroatoms. The zero-order valence-electron chi connectivity index (χ0n) is 12.7. The highest BCUT2D eigenvalue weighted by molar-refractivity contribution is 5.79. The molecule has 19 heavy (non-hydrogen) atoms. The van der Waals surface area contributed by atoms with Crippen molar-refractivity contribution >= 4 is 5.91 Å². The van der Waals surface area contributed by atoms with Crippen LogP contribution in [0.2, 0.25) is 0 Å². The second-order valence-corrected chi connectivity index (χ2v) is 5.53. The molecule has 0 aliphatic carbocycles. The SMILES string of the molecule is CNCC(C(=O)N(C)Cc1ccccc1C)C(C)C. The van der Waals surface area contributed by atoms with Crippen molar-refractivity contribution in [3.63, 3.8) is 0 Å². The summed E-state index contributed by atoms with van der Waals surface area (Å²) in [4.78, 5) is 14.3. The normalized spacial score (nSPS) is 12.5. The van der Waals surface area contributed by atoms with Crippen molar-refractivity contribution in [3.05, 3.63) is 35.4 Å². The van der Waals surface area contributed by atoms with E-state index in [0.717, 1.165) is 6.54 Å². The molecule has 3 nitrogen and oxygen atoms in total. The molecule has 1 aromatic rings. The van der Waals surface area contributed by atoms with Gasteiger partial charge in [0.2, 0.25) is 5.91 Å². The van der Waals surface area contributed by atoms with E-state index in [0.29, 0.717) is 12.5 Å². The monoisotopic (exact) mass is 262 g/mol. The van der Waals surface area contributed by atoms with Gasteiger partial charge in [0, 0.05) is 20.1 Å². The third-order valence-electron chi connectivity index (χ3n) is 3.59. The second kappa shape index (κ2) is 7.29. The zero-order valence-corrected chi connectivity index (χ0v) is 12.7. The maximum Gasteiger partial charge on any atom is 0.227 e. The van der Waals surface area contributed by atoms with E-state index in [-0.39, 0.29) is 11.8 Å². The van der Waals surface area contributed by atoms with Gasteiger partial charge in [-0.05, 0) is 31.0 Å². The van der Waals surface area contributed by atoms with E-state index in [1.54, 1.807) is 0 Å². The lowest BCUT2D eigenvalue weighted by molar-refractivity contribution is -0.136. The predicted molar refractivity (Wildman–Crippen MR) is 79.9 cm³/mol. The Morgan fingerprint density at radius 2 is 1.95 bits per heavy atom. The predicted octanol–water partition coefficient (Wildman–Crippen LogP) is 2.45. The van der Waals surface area contributed by atoms with Gasteiger partial charge in [-0.2, -0.15) is 0 Å². The lowest BCUT2D eigenvalue weighted by Crippen LogP contribution is -2.39. The Kier molecular flexibility index (Phi) is 6.03. The molecule has 0 spiro atoms. The highest BCUT2D eigenvalue weighted by Gasteiger charge is 2.24. The summed E-state index contributed by atoms with van der Waals surface area (Å²) >= 11 is 0. The highest BCUT2D eigenvalue weighted by Crippen LogP contribution is 2.16. The molecule has 1 rings (SSSR count). The van der Waals surface area contributed by atoms with Gasteiger partial charge in [0.15, 0.2) is 0 Å². The van der Waals surface area contributed by atoms with Gasteiger partial charge in [-0.15, -0.1) is 0 Å². The van der Waals surface area contributed by atoms with Crippen LogP contribution in [0.5, 0.6) is 0 Å². The van der Waals surface area contributed by atoms with Gasteiger partial charge in [0.05, 0.1) is 5.92 Å². The smallest absolute Gasteiger partial charge is 0.227 e. The van der Waals surface area contributed by atoms with E-state index in [9.17, 15) is 4.79 Å². The first kappa shape index (κ1) is 15.7. The first-order chi connectivity index (χ1) is 8.97. The summed E-state index contributed by atoms with van der Waals surface area (Å²) in [6.07, 6.45) is 0. The molecule has 0 aromatic heterocycles. The minimum atomic E-state index is 0.0408. The Hall–Kier alpha value is -1.35. The third-order valence-corrected chi connectivity index (χ3v) is 3.59. The number of hydrogen-bond donors (Lipinski definition) is 1. The molecule has 1 atom stereocenters. The summed E-state index contributed by atoms with van der Waals surface area (Å²) in [6, 6.07) is 8.22. The van der Waals surface area contributed by atoms with Gasteiger partial charge in [-0.1, -0.05) is 38.1 Å². The number of benzene rings is 1. The van der Waals surface area contributed by atoms with Crippen LogP contribution in [0.25, 0.3) is 0 Å². The van der Waals surface area contributed by atoms with Crippen molar-refractivity contribution in [3.8, 4) is 0 Å². The van der Waals surface area contributed by atoms with Crippen LogP contribution in [0, 0.1) is 18.8 Å². The number of hydrogen-bond acceptors (Lipinski definition) is 2. The summed E-state index contributed by atoms with van der Waals surface area (Å²) in [5.41, 5.74) is 2.45. The van der Waals surface area contributed by atoms with Crippen molar-refractivity contribution in [1.82, 2.24) is 10.2 Å². The third kappa shape index (κ3) is 4.35. The molecule has 1 N–H and O–H groups in total. The molecular formula is C16H26N2O. The Morgan fingerprint density at radius 3 is 2.47 bits per heavy atom. The fourth-order valence-electron chi connectivity index (χ4n) is 2.23. The zero-order chi connectivity index (χ0) is 14.4. The molecule has 0 bridgehead atoms. The van der Waals surface area contributed by atoms with E-state index in [2.05, 4.69) is 38.2 Å². The van der Waals surface area contributed by atoms with E-state index in [1.165, 1.54) is 11.1 Å². The second-order valence-electron chi connectivity index (χ2n) is 5.53. The number of carbonyl (C=O) groups is 1. The van der Waals surface area contributed by atoms with Crippen LogP contribution >= 0.6 is 0 Å². The molecular weight excluding hydrogens is 236 g/mol. The van der Waals surface area contributed by atoms with Crippen LogP contribution in [-0.4, -0.2) is 31.4 Å². The van der Waals surface area contributed by atoms with Crippen LogP contribution in [0.1, 0.15) is 25.0 Å². The van der Waals surface area contributed by atoms with Gasteiger partial charge in [-0.25, -0.2) is 0 Å². The van der Waals surface area contributed by atoms with Gasteiger partial charge in [-0.3, -0.25) is 4.79 Å². The van der Waals surface area contributed by atoms with Gasteiger partial charge in [0.25, 0.3) is 0 Å². The van der Waals surface area contributed by atoms with Crippen LogP contribution in [0.15, 0.2) is 24.3 Å². The van der Waals surface area contributed by atoms with Gasteiger partial charge in [0.1, 0.15) is 0 Å². The molecule has 0 aliphatic heterocycles. The van der Waals surface area contributed by atoms with Crippen molar-refractivity contribution in [2.45, 2.75) is 27.3 Å². The van der Waals surface area contributed by atoms with Crippen LogP contribution in [-0.2, 0) is 11.3 Å². The number of nitrogens with zero attached hydrogens (tertiary/aromatic N) is 1. The van der Waals surface area contributed by atoms with E-state index in [1.807, 2.05) is 31.1 Å². The first-order valence-electron chi connectivity index (χ1n) is 6.91. The van der Waals surface area contributed by atoms with Crippen molar-refractivity contribution < 1.29 is 4.79 Å². The van der Waals surface area contributed by atoms with Crippen molar-refractivity contribution in [1.29, 1.82) is 0 Å². The molecule has 1 unspecified atom stereocenters. The quantitative estimate of drug-likeness (QED) is 0.854. The molecule has 0 radical (unpaired) electrons. The van der Waals surface area contributed by atoms with Crippen LogP contribution in [0.3, 0.4) is 0 Å². The lowest BCUT2D eigenvalue weighted by atomic mass is 9.94. The fraction of sp³-hybridized carbons (Fsp3) is 0.562. The highest BCUT2D eigenvalue weighted by atomic mass is 16.2. The van der Waals surface area contributed by atoms with Crippen LogP contribution < -0.4 is 5.32 Å². The van der Waals surface area contributed by atoms with Crippen LogP contribution in [0.4, 0.5) is 0 Å². The minimum Gasteiger partial charge on any atom is -0.341 e. The first-order valence-corrected chi connectivity index (χ1v) is 6.91. The number of amides is 1. The molecule has 0 saturated heterocycles. The Labute approximate surface area is 117 Å². The van der Waals surface area contributed by atoms with Gasteiger partial charge < -0.3 is 10.2 Å². The van der Waals surface area contributed by atoms with E-state index < -0.39 is 0 Å². The summed E-state index contributed by atoms with van der Waals surface area (Å²) < 4.78 is 0. The Balaban J connectivity index is 2.74. The summed E-state index contributed by atoms with van der Waals surface area (Å²) in [7, 11) is 3.78. The van der Waals surface area contributed by atoms with Gasteiger partial charge >= 0.3 is 0 Å². The molecule has 0 aliphatic rings. The topological polar surface area (TPSA) is 32.3 Å². The number of carbonyl (C=O) groups excluding carboxylic acids is 1. The standard InChI is InChI=1S/C16H26N2O/c1-12(2)15(10-17-4)16(19)18(5)11-14-9-7-6-8-13(14)3/h6-9,12,15,17H,10-11H2,1-5H3. The number of aryl methyl sites for hydroxylation is 1. The van der Waals surface area contributed by atoms with Crippen molar-refractivity contribution in [2.75, 3.05) is 20.6 Å². The summed E-state index contributed by atoms with van der Waals surface area (Å²) in [5, 5.41) is 3.11. The molecule has 0 heterocycles. The molecule has 1 amide bonds. The van der Waals surface area contributed by atoms with E-state index >= 15 is 0 Å². The van der Waals surface area contributed by atoms with E-state index in [4.69, 9.17) is 0 Å². The minimum absolute atomic E-state index is 0.0408. The molecule has 0 fully saturated rings. The maximum atomic E-state index is 12.5. The fourth-order valence-corrected chi connectivity index (χ4v) is 2.23. The Bertz CT molecular complexity index is 415. The molecule has 0 saturated carbocycles. The van der Waals surface area contributed by atoms with Crippen molar-refractivity contribution in [2.24, 2.45) is 11.8 Å². The number of rotatable bonds is 6. The average molecular weight is 262 g/mol. The summed E-state index contributed by atoms with van der Waals surface area (Å²) in [6.45, 7) is 7.69. The Morgan fingerprint density at radius 1 is 1.32 bits per heavy atom. The molecule has 106 valence electrons. The number of nitrogens with one attached hydrogen (secondary N) is 1. The maximum absolute atomic E-state index is 12.5. The summed E-state index contributed by atoms with van der Waals surface area (Å²) in [5.74, 6) is 0.603. The lowest BCUT2D eigenvalue weighted by Gasteiger charge is -2.26. The molecule has 1 aromatic carbocycles. The average Bonchev–Trinajstić information content (AvgIpc) is 2.37. The largest absolute Gasteiger partial charge is 0.341 e.